The second-order valence-electron chi connectivity index (χ2n) is 7.02. The molecule has 1 aromatic heterocycles. The number of halogens is 9. The summed E-state index contributed by atoms with van der Waals surface area (Å²) in [7, 11) is 0. The highest BCUT2D eigenvalue weighted by atomic mass is 35.5. The van der Waals surface area contributed by atoms with E-state index in [9.17, 15) is 26.3 Å². The summed E-state index contributed by atoms with van der Waals surface area (Å²) in [6.45, 7) is 3.36. The number of benzene rings is 2. The fraction of sp³-hybridized carbons (Fsp3) is 0.286. The van der Waals surface area contributed by atoms with Gasteiger partial charge in [0.2, 0.25) is 0 Å². The van der Waals surface area contributed by atoms with E-state index in [-0.39, 0.29) is 26.7 Å². The van der Waals surface area contributed by atoms with Crippen LogP contribution in [-0.4, -0.2) is 11.5 Å². The van der Waals surface area contributed by atoms with E-state index >= 15 is 0 Å². The van der Waals surface area contributed by atoms with Gasteiger partial charge in [-0.15, -0.1) is 11.3 Å². The lowest BCUT2D eigenvalue weighted by molar-refractivity contribution is -0.141. The Morgan fingerprint density at radius 1 is 0.939 bits per heavy atom. The van der Waals surface area contributed by atoms with E-state index in [0.717, 1.165) is 16.2 Å². The molecule has 0 aliphatic rings. The molecule has 0 radical (unpaired) electrons. The van der Waals surface area contributed by atoms with Crippen molar-refractivity contribution < 1.29 is 26.3 Å². The molecule has 2 aromatic carbocycles. The molecule has 178 valence electrons. The van der Waals surface area contributed by atoms with Crippen LogP contribution in [0.1, 0.15) is 29.3 Å². The monoisotopic (exact) mass is 546 g/mol. The van der Waals surface area contributed by atoms with Crippen molar-refractivity contribution in [2.45, 2.75) is 32.6 Å². The van der Waals surface area contributed by atoms with Crippen LogP contribution in [0.4, 0.5) is 37.2 Å². The lowest BCUT2D eigenvalue weighted by Gasteiger charge is -2.26. The van der Waals surface area contributed by atoms with E-state index in [1.54, 1.807) is 13.8 Å². The normalized spacial score (nSPS) is 12.3. The second-order valence-corrected chi connectivity index (χ2v) is 9.46. The van der Waals surface area contributed by atoms with Crippen molar-refractivity contribution >= 4 is 57.0 Å². The highest BCUT2D eigenvalue weighted by Gasteiger charge is 2.39. The third-order valence-electron chi connectivity index (χ3n) is 4.63. The highest BCUT2D eigenvalue weighted by molar-refractivity contribution is 7.16. The maximum atomic E-state index is 13.7. The maximum absolute atomic E-state index is 13.7. The first-order valence-electron chi connectivity index (χ1n) is 9.42. The Labute approximate surface area is 204 Å². The van der Waals surface area contributed by atoms with Crippen LogP contribution in [0.25, 0.3) is 11.3 Å². The fourth-order valence-corrected chi connectivity index (χ4v) is 5.16. The van der Waals surface area contributed by atoms with Crippen LogP contribution >= 0.6 is 46.1 Å². The van der Waals surface area contributed by atoms with E-state index in [4.69, 9.17) is 34.8 Å². The van der Waals surface area contributed by atoms with Gasteiger partial charge in [0, 0.05) is 22.0 Å². The number of nitrogens with zero attached hydrogens (tertiary/aromatic N) is 2. The van der Waals surface area contributed by atoms with Crippen LogP contribution in [0.2, 0.25) is 15.1 Å². The molecule has 33 heavy (non-hydrogen) atoms. The predicted octanol–water partition coefficient (Wildman–Crippen LogP) is 9.66. The molecule has 2 nitrogen and oxygen atoms in total. The van der Waals surface area contributed by atoms with Crippen molar-refractivity contribution in [3.05, 3.63) is 61.4 Å². The molecule has 0 bridgehead atoms. The van der Waals surface area contributed by atoms with Gasteiger partial charge in [-0.05, 0) is 43.7 Å². The minimum Gasteiger partial charge on any atom is -0.317 e. The van der Waals surface area contributed by atoms with Gasteiger partial charge in [-0.3, -0.25) is 0 Å². The highest BCUT2D eigenvalue weighted by Crippen LogP contribution is 2.46. The number of hydrogen-bond acceptors (Lipinski definition) is 3. The van der Waals surface area contributed by atoms with E-state index in [1.807, 2.05) is 0 Å². The molecule has 0 spiro atoms. The van der Waals surface area contributed by atoms with Crippen LogP contribution in [0.15, 0.2) is 30.3 Å². The Hall–Kier alpha value is -1.68. The summed E-state index contributed by atoms with van der Waals surface area (Å²) in [5.41, 5.74) is -2.37. The van der Waals surface area contributed by atoms with Gasteiger partial charge < -0.3 is 4.90 Å². The Kier molecular flexibility index (Phi) is 7.48. The topological polar surface area (TPSA) is 16.1 Å². The van der Waals surface area contributed by atoms with Crippen molar-refractivity contribution in [2.75, 3.05) is 11.4 Å². The quantitative estimate of drug-likeness (QED) is 0.296. The van der Waals surface area contributed by atoms with Crippen molar-refractivity contribution in [2.24, 2.45) is 0 Å². The summed E-state index contributed by atoms with van der Waals surface area (Å²) in [5, 5.41) is 0.735. The Morgan fingerprint density at radius 2 is 1.55 bits per heavy atom. The molecule has 0 saturated carbocycles. The molecule has 0 aliphatic carbocycles. The van der Waals surface area contributed by atoms with Crippen LogP contribution in [-0.2, 0) is 12.4 Å². The Morgan fingerprint density at radius 3 is 2.06 bits per heavy atom. The standard InChI is InChI=1S/C21H15Cl3F6N2S/c1-3-6-32(16-7-11(20(25,26)27)4-5-13(16)21(28,29)30)19-31-18(10(2)33-19)17-14(23)8-12(22)9-15(17)24/h4-5,7-9H,3,6H2,1-2H3. The number of aromatic nitrogens is 1. The van der Waals surface area contributed by atoms with Gasteiger partial charge in [-0.2, -0.15) is 26.3 Å². The first-order chi connectivity index (χ1) is 15.2. The molecular formula is C21H15Cl3F6N2S. The van der Waals surface area contributed by atoms with E-state index in [1.165, 1.54) is 12.1 Å². The molecule has 0 amide bonds. The zero-order valence-corrected chi connectivity index (χ0v) is 20.1. The number of aryl methyl sites for hydroxylation is 1. The van der Waals surface area contributed by atoms with Crippen LogP contribution in [0, 0.1) is 6.92 Å². The molecule has 3 aromatic rings. The van der Waals surface area contributed by atoms with Crippen molar-refractivity contribution in [1.29, 1.82) is 0 Å². The predicted molar refractivity (Wildman–Crippen MR) is 121 cm³/mol. The zero-order valence-electron chi connectivity index (χ0n) is 17.0. The fourth-order valence-electron chi connectivity index (χ4n) is 3.21. The van der Waals surface area contributed by atoms with E-state index in [2.05, 4.69) is 4.98 Å². The smallest absolute Gasteiger partial charge is 0.317 e. The molecule has 3 rings (SSSR count). The first kappa shape index (κ1) is 25.9. The SMILES string of the molecule is CCCN(c1nc(-c2c(Cl)cc(Cl)cc2Cl)c(C)s1)c1cc(C(F)(F)F)ccc1C(F)(F)F. The van der Waals surface area contributed by atoms with Gasteiger partial charge in [-0.25, -0.2) is 4.98 Å². The van der Waals surface area contributed by atoms with E-state index in [0.29, 0.717) is 40.8 Å². The van der Waals surface area contributed by atoms with Crippen LogP contribution in [0.3, 0.4) is 0 Å². The molecule has 0 N–H and O–H groups in total. The minimum absolute atomic E-state index is 0.00113. The summed E-state index contributed by atoms with van der Waals surface area (Å²) in [5.74, 6) is 0. The first-order valence-corrected chi connectivity index (χ1v) is 11.4. The average molecular weight is 548 g/mol. The Balaban J connectivity index is 2.22. The van der Waals surface area contributed by atoms with Crippen LogP contribution < -0.4 is 4.90 Å². The summed E-state index contributed by atoms with van der Waals surface area (Å²) in [6, 6.07) is 4.25. The van der Waals surface area contributed by atoms with E-state index < -0.39 is 29.2 Å². The summed E-state index contributed by atoms with van der Waals surface area (Å²) in [4.78, 5) is 6.13. The lowest BCUT2D eigenvalue weighted by atomic mass is 10.1. The summed E-state index contributed by atoms with van der Waals surface area (Å²) in [6.07, 6.45) is -9.33. The number of alkyl halides is 6. The number of hydrogen-bond donors (Lipinski definition) is 0. The van der Waals surface area contributed by atoms with Gasteiger partial charge >= 0.3 is 12.4 Å². The maximum Gasteiger partial charge on any atom is 0.418 e. The average Bonchev–Trinajstić information content (AvgIpc) is 3.04. The zero-order chi connectivity index (χ0) is 24.7. The molecule has 0 unspecified atom stereocenters. The molecule has 12 heteroatoms. The summed E-state index contributed by atoms with van der Waals surface area (Å²) < 4.78 is 81.1. The molecular weight excluding hydrogens is 533 g/mol. The minimum atomic E-state index is -4.87. The summed E-state index contributed by atoms with van der Waals surface area (Å²) >= 11 is 19.5. The number of rotatable bonds is 5. The van der Waals surface area contributed by atoms with Gasteiger partial charge in [0.05, 0.1) is 32.6 Å². The Bertz CT molecular complexity index is 1150. The van der Waals surface area contributed by atoms with Crippen molar-refractivity contribution in [3.8, 4) is 11.3 Å². The van der Waals surface area contributed by atoms with Gasteiger partial charge in [0.15, 0.2) is 5.13 Å². The van der Waals surface area contributed by atoms with Crippen LogP contribution in [0.5, 0.6) is 0 Å². The molecule has 0 saturated heterocycles. The molecule has 0 fully saturated rings. The van der Waals surface area contributed by atoms with Gasteiger partial charge in [0.1, 0.15) is 0 Å². The largest absolute Gasteiger partial charge is 0.418 e. The third-order valence-corrected chi connectivity index (χ3v) is 6.44. The number of thiazole rings is 1. The van der Waals surface area contributed by atoms with Gasteiger partial charge in [-0.1, -0.05) is 41.7 Å². The van der Waals surface area contributed by atoms with Crippen molar-refractivity contribution in [3.63, 3.8) is 0 Å². The number of anilines is 2. The molecule has 0 aliphatic heterocycles. The molecule has 1 heterocycles. The van der Waals surface area contributed by atoms with Gasteiger partial charge in [0.25, 0.3) is 0 Å². The molecule has 0 atom stereocenters. The second kappa shape index (κ2) is 9.52. The van der Waals surface area contributed by atoms with Crippen molar-refractivity contribution in [1.82, 2.24) is 4.98 Å². The lowest BCUT2D eigenvalue weighted by Crippen LogP contribution is -2.23. The third kappa shape index (κ3) is 5.53.